The van der Waals surface area contributed by atoms with Gasteiger partial charge in [0.1, 0.15) is 5.82 Å². The molecule has 2 aromatic rings. The Morgan fingerprint density at radius 1 is 1.10 bits per heavy atom. The molecule has 0 unspecified atom stereocenters. The van der Waals surface area contributed by atoms with Crippen molar-refractivity contribution in [2.24, 2.45) is 7.05 Å². The minimum absolute atomic E-state index is 0.169. The molecule has 0 atom stereocenters. The lowest BCUT2D eigenvalue weighted by Crippen LogP contribution is -2.55. The molecule has 2 aliphatic rings. The van der Waals surface area contributed by atoms with E-state index in [1.54, 1.807) is 22.7 Å². The third-order valence-electron chi connectivity index (χ3n) is 5.15. The molecule has 31 heavy (non-hydrogen) atoms. The van der Waals surface area contributed by atoms with Crippen molar-refractivity contribution < 1.29 is 8.78 Å². The van der Waals surface area contributed by atoms with E-state index in [1.807, 2.05) is 13.8 Å². The van der Waals surface area contributed by atoms with Crippen LogP contribution in [0.5, 0.6) is 0 Å². The Labute approximate surface area is 184 Å². The third-order valence-corrected chi connectivity index (χ3v) is 5.15. The summed E-state index contributed by atoms with van der Waals surface area (Å²) in [4.78, 5) is 6.39. The van der Waals surface area contributed by atoms with E-state index in [1.165, 1.54) is 5.69 Å². The Bertz CT molecular complexity index is 806. The van der Waals surface area contributed by atoms with Crippen LogP contribution in [0.25, 0.3) is 0 Å². The number of aromatic nitrogens is 4. The predicted octanol–water partition coefficient (Wildman–Crippen LogP) is 2.05. The van der Waals surface area contributed by atoms with Crippen LogP contribution in [0.2, 0.25) is 0 Å². The first-order valence-corrected chi connectivity index (χ1v) is 10.9. The van der Waals surface area contributed by atoms with Gasteiger partial charge in [0.15, 0.2) is 0 Å². The normalized spacial score (nSPS) is 17.8. The van der Waals surface area contributed by atoms with Gasteiger partial charge in [-0.25, -0.2) is 8.78 Å². The lowest BCUT2D eigenvalue weighted by molar-refractivity contribution is -0.134. The van der Waals surface area contributed by atoms with E-state index in [0.29, 0.717) is 12.4 Å². The maximum atomic E-state index is 12.5. The van der Waals surface area contributed by atoms with E-state index in [0.717, 1.165) is 44.1 Å². The molecule has 0 bridgehead atoms. The minimum atomic E-state index is -2.51. The highest BCUT2D eigenvalue weighted by molar-refractivity contribution is 5.29. The number of likely N-dealkylation sites (tertiary alicyclic amines) is 1. The molecule has 10 heteroatoms. The van der Waals surface area contributed by atoms with Crippen molar-refractivity contribution >= 4 is 5.82 Å². The van der Waals surface area contributed by atoms with Gasteiger partial charge in [-0.2, -0.15) is 10.2 Å². The number of alkyl halides is 2. The quantitative estimate of drug-likeness (QED) is 0.767. The number of nitrogens with two attached hydrogens (primary N) is 1. The first-order valence-electron chi connectivity index (χ1n) is 10.9. The fraction of sp³-hybridized carbons (Fsp3) is 0.714. The average molecular weight is 441 g/mol. The molecule has 1 saturated heterocycles. The number of aryl methyl sites for hydroxylation is 2. The Hall–Kier alpha value is -2.04. The molecule has 8 nitrogen and oxygen atoms in total. The molecule has 0 amide bonds. The van der Waals surface area contributed by atoms with E-state index in [-0.39, 0.29) is 13.1 Å². The van der Waals surface area contributed by atoms with Crippen LogP contribution in [0.1, 0.15) is 30.9 Å². The third kappa shape index (κ3) is 7.55. The Morgan fingerprint density at radius 2 is 1.77 bits per heavy atom. The van der Waals surface area contributed by atoms with Crippen LogP contribution in [-0.4, -0.2) is 87.0 Å². The van der Waals surface area contributed by atoms with Gasteiger partial charge in [-0.3, -0.25) is 19.2 Å². The highest BCUT2D eigenvalue weighted by Gasteiger charge is 2.43. The van der Waals surface area contributed by atoms with Crippen molar-refractivity contribution in [3.63, 3.8) is 0 Å². The summed E-state index contributed by atoms with van der Waals surface area (Å²) in [5, 5.41) is 8.40. The van der Waals surface area contributed by atoms with Crippen molar-refractivity contribution in [1.82, 2.24) is 34.3 Å². The molecular weight excluding hydrogens is 402 g/mol. The average Bonchev–Trinajstić information content (AvgIpc) is 3.20. The summed E-state index contributed by atoms with van der Waals surface area (Å²) < 4.78 is 28.8. The number of hydrogen-bond donors (Lipinski definition) is 1. The highest BCUT2D eigenvalue weighted by atomic mass is 19.3. The van der Waals surface area contributed by atoms with Crippen molar-refractivity contribution in [3.05, 3.63) is 29.2 Å². The summed E-state index contributed by atoms with van der Waals surface area (Å²) in [7, 11) is 6.00. The molecule has 176 valence electrons. The van der Waals surface area contributed by atoms with Crippen LogP contribution >= 0.6 is 0 Å². The highest BCUT2D eigenvalue weighted by Crippen LogP contribution is 2.28. The second kappa shape index (κ2) is 11.0. The number of fused-ring (bicyclic) bond motifs is 1. The van der Waals surface area contributed by atoms with Crippen molar-refractivity contribution in [2.75, 3.05) is 52.6 Å². The van der Waals surface area contributed by atoms with Gasteiger partial charge in [-0.15, -0.1) is 0 Å². The fourth-order valence-corrected chi connectivity index (χ4v) is 3.62. The number of nitrogen functional groups attached to an aromatic ring is 1. The molecule has 4 heterocycles. The van der Waals surface area contributed by atoms with E-state index in [2.05, 4.69) is 51.8 Å². The Morgan fingerprint density at radius 3 is 2.32 bits per heavy atom. The number of nitrogens with zero attached hydrogens (tertiary/aromatic N) is 7. The number of halogens is 2. The molecule has 0 aromatic carbocycles. The molecule has 0 saturated carbocycles. The molecule has 2 aliphatic heterocycles. The first-order chi connectivity index (χ1) is 14.6. The molecular formula is C21H38F2N8. The number of rotatable bonds is 5. The standard InChI is InChI=1S/C11H20N4.C8H12F2N4.C2H6/c1-10-8-11-9-14(5-4-13(2)3)6-7-15(11)12-10;1-13-6(2-7(11)12-13)3-14-4-8(9,10)5-14;1-2/h8H,4-7,9H2,1-3H3;2H,3-5H2,1H3,(H2,11,12);1-2H3. The largest absolute Gasteiger partial charge is 0.382 e. The molecule has 1 fully saturated rings. The van der Waals surface area contributed by atoms with Crippen LogP contribution < -0.4 is 5.73 Å². The summed E-state index contributed by atoms with van der Waals surface area (Å²) >= 11 is 0. The summed E-state index contributed by atoms with van der Waals surface area (Å²) in [6, 6.07) is 3.90. The van der Waals surface area contributed by atoms with Gasteiger partial charge >= 0.3 is 0 Å². The van der Waals surface area contributed by atoms with Gasteiger partial charge in [-0.05, 0) is 27.1 Å². The molecule has 4 rings (SSSR count). The van der Waals surface area contributed by atoms with Gasteiger partial charge in [0, 0.05) is 45.8 Å². The number of anilines is 1. The van der Waals surface area contributed by atoms with E-state index >= 15 is 0 Å². The van der Waals surface area contributed by atoms with Gasteiger partial charge in [0.2, 0.25) is 0 Å². The topological polar surface area (TPSA) is 71.4 Å². The van der Waals surface area contributed by atoms with Crippen LogP contribution in [0.3, 0.4) is 0 Å². The zero-order chi connectivity index (χ0) is 23.2. The second-order valence-corrected chi connectivity index (χ2v) is 8.26. The lowest BCUT2D eigenvalue weighted by Gasteiger charge is -2.38. The number of hydrogen-bond acceptors (Lipinski definition) is 6. The Kier molecular flexibility index (Phi) is 8.96. The van der Waals surface area contributed by atoms with Crippen LogP contribution in [0, 0.1) is 6.92 Å². The predicted molar refractivity (Wildman–Crippen MR) is 120 cm³/mol. The summed E-state index contributed by atoms with van der Waals surface area (Å²) in [6.07, 6.45) is 0. The molecule has 2 N–H and O–H groups in total. The second-order valence-electron chi connectivity index (χ2n) is 8.26. The van der Waals surface area contributed by atoms with Gasteiger partial charge in [-0.1, -0.05) is 13.8 Å². The van der Waals surface area contributed by atoms with Gasteiger partial charge in [0.05, 0.1) is 36.7 Å². The maximum Gasteiger partial charge on any atom is 0.272 e. The first kappa shape index (κ1) is 25.2. The van der Waals surface area contributed by atoms with E-state index in [9.17, 15) is 8.78 Å². The monoisotopic (exact) mass is 440 g/mol. The zero-order valence-electron chi connectivity index (χ0n) is 19.8. The zero-order valence-corrected chi connectivity index (χ0v) is 19.8. The van der Waals surface area contributed by atoms with Crippen molar-refractivity contribution in [1.29, 1.82) is 0 Å². The van der Waals surface area contributed by atoms with Gasteiger partial charge in [0.25, 0.3) is 5.92 Å². The van der Waals surface area contributed by atoms with Gasteiger partial charge < -0.3 is 10.6 Å². The molecule has 0 spiro atoms. The molecule has 2 aromatic heterocycles. The maximum absolute atomic E-state index is 12.5. The fourth-order valence-electron chi connectivity index (χ4n) is 3.62. The Balaban J connectivity index is 0.000000204. The van der Waals surface area contributed by atoms with Crippen LogP contribution in [0.15, 0.2) is 12.1 Å². The van der Waals surface area contributed by atoms with E-state index in [4.69, 9.17) is 5.73 Å². The summed E-state index contributed by atoms with van der Waals surface area (Å²) in [5.41, 5.74) is 8.83. The number of likely N-dealkylation sites (N-methyl/N-ethyl adjacent to an activating group) is 1. The van der Waals surface area contributed by atoms with Crippen LogP contribution in [0.4, 0.5) is 14.6 Å². The molecule has 0 radical (unpaired) electrons. The van der Waals surface area contributed by atoms with E-state index < -0.39 is 5.92 Å². The summed E-state index contributed by atoms with van der Waals surface area (Å²) in [6.45, 7) is 11.7. The van der Waals surface area contributed by atoms with Crippen molar-refractivity contribution in [2.45, 2.75) is 46.3 Å². The van der Waals surface area contributed by atoms with Crippen LogP contribution in [-0.2, 0) is 26.7 Å². The smallest absolute Gasteiger partial charge is 0.272 e. The van der Waals surface area contributed by atoms with Crippen molar-refractivity contribution in [3.8, 4) is 0 Å². The molecule has 0 aliphatic carbocycles. The SMILES string of the molecule is CC.Cc1cc2n(n1)CCN(CCN(C)C)C2.Cn1nc(N)cc1CN1CC(F)(F)C1. The minimum Gasteiger partial charge on any atom is -0.382 e. The lowest BCUT2D eigenvalue weighted by atomic mass is 10.1. The summed E-state index contributed by atoms with van der Waals surface area (Å²) in [5.74, 6) is -2.08.